The molecule has 4 rings (SSSR count). The molecule has 31 heavy (non-hydrogen) atoms. The second-order valence-electron chi connectivity index (χ2n) is 8.35. The Morgan fingerprint density at radius 1 is 1.03 bits per heavy atom. The fraction of sp³-hybridized carbons (Fsp3) is 0.500. The smallest absolute Gasteiger partial charge is 0.255 e. The van der Waals surface area contributed by atoms with Crippen molar-refractivity contribution in [2.24, 2.45) is 5.92 Å². The summed E-state index contributed by atoms with van der Waals surface area (Å²) in [4.78, 5) is 30.1. The molecule has 7 nitrogen and oxygen atoms in total. The summed E-state index contributed by atoms with van der Waals surface area (Å²) in [6.07, 6.45) is 1.69. The van der Waals surface area contributed by atoms with Gasteiger partial charge in [0.15, 0.2) is 0 Å². The first-order chi connectivity index (χ1) is 15.0. The molecule has 0 spiro atoms. The van der Waals surface area contributed by atoms with Crippen LogP contribution >= 0.6 is 0 Å². The number of hydrogen-bond donors (Lipinski definition) is 0. The molecule has 7 heteroatoms. The molecule has 166 valence electrons. The molecule has 0 bridgehead atoms. The fourth-order valence-corrected chi connectivity index (χ4v) is 4.68. The molecule has 0 aliphatic carbocycles. The Morgan fingerprint density at radius 2 is 1.74 bits per heavy atom. The van der Waals surface area contributed by atoms with Gasteiger partial charge in [-0.05, 0) is 57.0 Å². The first-order valence-electron chi connectivity index (χ1n) is 11.0. The largest absolute Gasteiger partial charge is 0.497 e. The van der Waals surface area contributed by atoms with E-state index in [9.17, 15) is 9.59 Å². The predicted octanol–water partition coefficient (Wildman–Crippen LogP) is 2.81. The number of rotatable bonds is 4. The Bertz CT molecular complexity index is 944. The van der Waals surface area contributed by atoms with Gasteiger partial charge in [0.05, 0.1) is 31.8 Å². The van der Waals surface area contributed by atoms with Crippen LogP contribution in [0.4, 0.5) is 0 Å². The molecule has 3 heterocycles. The van der Waals surface area contributed by atoms with Crippen LogP contribution < -0.4 is 4.74 Å². The van der Waals surface area contributed by atoms with Gasteiger partial charge in [0.25, 0.3) is 5.91 Å². The van der Waals surface area contributed by atoms with Gasteiger partial charge in [0, 0.05) is 43.3 Å². The Balaban J connectivity index is 1.51. The quantitative estimate of drug-likeness (QED) is 0.756. The van der Waals surface area contributed by atoms with Gasteiger partial charge in [-0.1, -0.05) is 0 Å². The minimum absolute atomic E-state index is 0.00680. The summed E-state index contributed by atoms with van der Waals surface area (Å²) >= 11 is 0. The van der Waals surface area contributed by atoms with Gasteiger partial charge in [-0.2, -0.15) is 0 Å². The molecule has 1 aromatic heterocycles. The molecular formula is C24H31N3O4. The van der Waals surface area contributed by atoms with Crippen LogP contribution in [-0.4, -0.2) is 72.7 Å². The van der Waals surface area contributed by atoms with Crippen molar-refractivity contribution in [1.82, 2.24) is 14.4 Å². The monoisotopic (exact) mass is 425 g/mol. The van der Waals surface area contributed by atoms with E-state index in [4.69, 9.17) is 9.47 Å². The van der Waals surface area contributed by atoms with Gasteiger partial charge in [-0.15, -0.1) is 0 Å². The molecule has 0 N–H and O–H groups in total. The molecule has 2 saturated heterocycles. The van der Waals surface area contributed by atoms with Crippen molar-refractivity contribution in [3.63, 3.8) is 0 Å². The summed E-state index contributed by atoms with van der Waals surface area (Å²) in [5, 5.41) is 0. The van der Waals surface area contributed by atoms with E-state index < -0.39 is 0 Å². The van der Waals surface area contributed by atoms with Crippen molar-refractivity contribution in [2.45, 2.75) is 26.7 Å². The fourth-order valence-electron chi connectivity index (χ4n) is 4.68. The maximum atomic E-state index is 13.4. The second-order valence-corrected chi connectivity index (χ2v) is 8.35. The molecule has 2 aliphatic rings. The second kappa shape index (κ2) is 9.14. The number of morpholine rings is 1. The van der Waals surface area contributed by atoms with E-state index in [1.54, 1.807) is 7.11 Å². The van der Waals surface area contributed by atoms with Gasteiger partial charge in [-0.25, -0.2) is 0 Å². The van der Waals surface area contributed by atoms with Crippen LogP contribution in [0.15, 0.2) is 30.3 Å². The number of amides is 2. The predicted molar refractivity (Wildman–Crippen MR) is 118 cm³/mol. The Hall–Kier alpha value is -2.80. The van der Waals surface area contributed by atoms with Gasteiger partial charge >= 0.3 is 0 Å². The third-order valence-corrected chi connectivity index (χ3v) is 6.37. The number of ether oxygens (including phenoxy) is 2. The lowest BCUT2D eigenvalue weighted by molar-refractivity contribution is -0.141. The van der Waals surface area contributed by atoms with Crippen molar-refractivity contribution in [3.05, 3.63) is 47.3 Å². The molecule has 1 aromatic carbocycles. The lowest BCUT2D eigenvalue weighted by Gasteiger charge is -2.36. The minimum Gasteiger partial charge on any atom is -0.497 e. The van der Waals surface area contributed by atoms with Crippen LogP contribution in [0.2, 0.25) is 0 Å². The molecule has 1 atom stereocenters. The topological polar surface area (TPSA) is 64.0 Å². The third-order valence-electron chi connectivity index (χ3n) is 6.37. The molecule has 1 unspecified atom stereocenters. The summed E-state index contributed by atoms with van der Waals surface area (Å²) in [6, 6.07) is 9.77. The molecule has 2 aliphatic heterocycles. The highest BCUT2D eigenvalue weighted by Crippen LogP contribution is 2.26. The molecular weight excluding hydrogens is 394 g/mol. The van der Waals surface area contributed by atoms with Gasteiger partial charge < -0.3 is 23.8 Å². The zero-order valence-electron chi connectivity index (χ0n) is 18.6. The SMILES string of the molecule is COc1ccc(-n2c(C)cc(C(=O)N3CCCC(C(=O)N4CCOCC4)C3)c2C)cc1. The van der Waals surface area contributed by atoms with Crippen LogP contribution in [0.25, 0.3) is 5.69 Å². The number of carbonyl (C=O) groups excluding carboxylic acids is 2. The summed E-state index contributed by atoms with van der Waals surface area (Å²) < 4.78 is 12.7. The number of methoxy groups -OCH3 is 1. The highest BCUT2D eigenvalue weighted by molar-refractivity contribution is 5.96. The normalized spacial score (nSPS) is 19.4. The van der Waals surface area contributed by atoms with Crippen molar-refractivity contribution < 1.29 is 19.1 Å². The maximum Gasteiger partial charge on any atom is 0.255 e. The van der Waals surface area contributed by atoms with Gasteiger partial charge in [0.2, 0.25) is 5.91 Å². The zero-order valence-corrected chi connectivity index (χ0v) is 18.6. The van der Waals surface area contributed by atoms with E-state index in [0.717, 1.165) is 35.7 Å². The number of hydrogen-bond acceptors (Lipinski definition) is 4. The van der Waals surface area contributed by atoms with E-state index in [-0.39, 0.29) is 17.7 Å². The number of likely N-dealkylation sites (tertiary alicyclic amines) is 1. The van der Waals surface area contributed by atoms with Crippen molar-refractivity contribution in [1.29, 1.82) is 0 Å². The number of aromatic nitrogens is 1. The van der Waals surface area contributed by atoms with Crippen molar-refractivity contribution >= 4 is 11.8 Å². The number of piperidine rings is 1. The Labute approximate surface area is 183 Å². The summed E-state index contributed by atoms with van der Waals surface area (Å²) in [5.41, 5.74) is 3.61. The number of carbonyl (C=O) groups is 2. The Kier molecular flexibility index (Phi) is 6.32. The van der Waals surface area contributed by atoms with Crippen LogP contribution in [0.5, 0.6) is 5.75 Å². The third kappa shape index (κ3) is 4.32. The first-order valence-corrected chi connectivity index (χ1v) is 11.0. The summed E-state index contributed by atoms with van der Waals surface area (Å²) in [7, 11) is 1.65. The highest BCUT2D eigenvalue weighted by atomic mass is 16.5. The minimum atomic E-state index is -0.124. The van der Waals surface area contributed by atoms with Crippen molar-refractivity contribution in [2.75, 3.05) is 46.5 Å². The van der Waals surface area contributed by atoms with Gasteiger partial charge in [-0.3, -0.25) is 9.59 Å². The van der Waals surface area contributed by atoms with Crippen LogP contribution in [0, 0.1) is 19.8 Å². The summed E-state index contributed by atoms with van der Waals surface area (Å²) in [5.74, 6) is 0.838. The average Bonchev–Trinajstić information content (AvgIpc) is 3.12. The van der Waals surface area contributed by atoms with Crippen molar-refractivity contribution in [3.8, 4) is 11.4 Å². The van der Waals surface area contributed by atoms with Crippen LogP contribution in [0.1, 0.15) is 34.6 Å². The van der Waals surface area contributed by atoms with E-state index in [0.29, 0.717) is 45.0 Å². The lowest BCUT2D eigenvalue weighted by Crippen LogP contribution is -2.49. The molecule has 0 radical (unpaired) electrons. The van der Waals surface area contributed by atoms with E-state index in [2.05, 4.69) is 4.57 Å². The van der Waals surface area contributed by atoms with Gasteiger partial charge in [0.1, 0.15) is 5.75 Å². The van der Waals surface area contributed by atoms with Crippen LogP contribution in [-0.2, 0) is 9.53 Å². The Morgan fingerprint density at radius 3 is 2.42 bits per heavy atom. The van der Waals surface area contributed by atoms with E-state index >= 15 is 0 Å². The lowest BCUT2D eigenvalue weighted by atomic mass is 9.95. The first kappa shape index (κ1) is 21.4. The number of nitrogens with zero attached hydrogens (tertiary/aromatic N) is 3. The van der Waals surface area contributed by atoms with E-state index in [1.807, 2.05) is 54.0 Å². The number of aryl methyl sites for hydroxylation is 1. The standard InChI is InChI=1S/C24H31N3O4/c1-17-15-22(18(2)27(17)20-6-8-21(30-3)9-7-20)24(29)26-10-4-5-19(16-26)23(28)25-11-13-31-14-12-25/h6-9,15,19H,4-5,10-14,16H2,1-3H3. The zero-order chi connectivity index (χ0) is 22.0. The maximum absolute atomic E-state index is 13.4. The highest BCUT2D eigenvalue weighted by Gasteiger charge is 2.33. The molecule has 2 aromatic rings. The molecule has 2 amide bonds. The summed E-state index contributed by atoms with van der Waals surface area (Å²) in [6.45, 7) is 7.65. The van der Waals surface area contributed by atoms with Crippen LogP contribution in [0.3, 0.4) is 0 Å². The average molecular weight is 426 g/mol. The number of benzene rings is 1. The molecule has 2 fully saturated rings. The van der Waals surface area contributed by atoms with E-state index in [1.165, 1.54) is 0 Å². The molecule has 0 saturated carbocycles.